The zero-order valence-corrected chi connectivity index (χ0v) is 14.5. The van der Waals surface area contributed by atoms with Crippen molar-refractivity contribution in [2.75, 3.05) is 12.4 Å². The highest BCUT2D eigenvalue weighted by Gasteiger charge is 2.19. The second-order valence-corrected chi connectivity index (χ2v) is 6.15. The highest BCUT2D eigenvalue weighted by Crippen LogP contribution is 2.26. The summed E-state index contributed by atoms with van der Waals surface area (Å²) in [5.74, 6) is 0.258. The molecule has 0 bridgehead atoms. The highest BCUT2D eigenvalue weighted by atomic mass is 19.1. The van der Waals surface area contributed by atoms with Crippen LogP contribution in [0.15, 0.2) is 36.4 Å². The van der Waals surface area contributed by atoms with Crippen LogP contribution in [0.5, 0.6) is 0 Å². The fraction of sp³-hybridized carbons (Fsp3) is 0.263. The Morgan fingerprint density at radius 3 is 2.56 bits per heavy atom. The number of fused-ring (bicyclic) bond motifs is 1. The number of anilines is 1. The van der Waals surface area contributed by atoms with Crippen LogP contribution in [0.25, 0.3) is 11.0 Å². The molecule has 1 amide bonds. The fourth-order valence-corrected chi connectivity index (χ4v) is 2.91. The van der Waals surface area contributed by atoms with E-state index in [-0.39, 0.29) is 24.2 Å². The Balaban J connectivity index is 1.95. The van der Waals surface area contributed by atoms with Crippen molar-refractivity contribution in [1.29, 1.82) is 0 Å². The summed E-state index contributed by atoms with van der Waals surface area (Å²) in [5.41, 5.74) is 3.72. The second-order valence-electron chi connectivity index (χ2n) is 6.15. The van der Waals surface area contributed by atoms with Gasteiger partial charge < -0.3 is 15.6 Å². The number of aryl methyl sites for hydroxylation is 2. The number of hydrogen-bond acceptors (Lipinski definition) is 3. The van der Waals surface area contributed by atoms with Crippen LogP contribution in [0.2, 0.25) is 0 Å². The number of benzene rings is 2. The van der Waals surface area contributed by atoms with E-state index >= 15 is 0 Å². The first kappa shape index (κ1) is 17.0. The normalized spacial score (nSPS) is 12.2. The lowest BCUT2D eigenvalue weighted by Crippen LogP contribution is -2.24. The van der Waals surface area contributed by atoms with Crippen molar-refractivity contribution in [3.05, 3.63) is 58.9 Å². The van der Waals surface area contributed by atoms with E-state index in [9.17, 15) is 9.18 Å². The lowest BCUT2D eigenvalue weighted by Gasteiger charge is -2.19. The van der Waals surface area contributed by atoms with Crippen LogP contribution in [0.1, 0.15) is 29.2 Å². The van der Waals surface area contributed by atoms with E-state index in [2.05, 4.69) is 20.6 Å². The smallest absolute Gasteiger partial charge is 0.222 e. The number of aromatic amines is 1. The molecular weight excluding hydrogens is 319 g/mol. The van der Waals surface area contributed by atoms with Gasteiger partial charge in [0.25, 0.3) is 0 Å². The van der Waals surface area contributed by atoms with Crippen LogP contribution in [0.3, 0.4) is 0 Å². The molecule has 130 valence electrons. The molecule has 0 aliphatic heterocycles. The minimum atomic E-state index is -0.321. The van der Waals surface area contributed by atoms with Gasteiger partial charge in [-0.25, -0.2) is 9.37 Å². The van der Waals surface area contributed by atoms with Gasteiger partial charge in [-0.3, -0.25) is 4.79 Å². The van der Waals surface area contributed by atoms with Crippen molar-refractivity contribution in [1.82, 2.24) is 15.3 Å². The van der Waals surface area contributed by atoms with Gasteiger partial charge in [0, 0.05) is 7.05 Å². The van der Waals surface area contributed by atoms with E-state index in [0.29, 0.717) is 17.1 Å². The first-order valence-electron chi connectivity index (χ1n) is 8.16. The van der Waals surface area contributed by atoms with Gasteiger partial charge in [0.1, 0.15) is 5.82 Å². The van der Waals surface area contributed by atoms with Crippen LogP contribution in [-0.4, -0.2) is 22.9 Å². The number of carbonyl (C=O) groups is 1. The molecule has 1 unspecified atom stereocenters. The average Bonchev–Trinajstić information content (AvgIpc) is 3.00. The number of carbonyl (C=O) groups excluding carboxylic acids is 1. The lowest BCUT2D eigenvalue weighted by molar-refractivity contribution is -0.120. The van der Waals surface area contributed by atoms with Gasteiger partial charge in [-0.1, -0.05) is 24.3 Å². The Hall–Kier alpha value is -2.89. The first-order valence-corrected chi connectivity index (χ1v) is 8.16. The summed E-state index contributed by atoms with van der Waals surface area (Å²) in [5, 5.41) is 5.91. The molecule has 0 aliphatic carbocycles. The average molecular weight is 340 g/mol. The van der Waals surface area contributed by atoms with E-state index in [0.717, 1.165) is 16.6 Å². The Morgan fingerprint density at radius 2 is 1.92 bits per heavy atom. The number of rotatable bonds is 5. The Labute approximate surface area is 145 Å². The predicted molar refractivity (Wildman–Crippen MR) is 97.0 cm³/mol. The van der Waals surface area contributed by atoms with Crippen LogP contribution in [0, 0.1) is 19.7 Å². The molecule has 1 heterocycles. The van der Waals surface area contributed by atoms with Crippen LogP contribution in [-0.2, 0) is 4.79 Å². The summed E-state index contributed by atoms with van der Waals surface area (Å²) >= 11 is 0. The molecular formula is C19H21FN4O. The molecule has 0 fully saturated rings. The molecule has 6 heteroatoms. The molecule has 0 saturated heterocycles. The number of amides is 1. The van der Waals surface area contributed by atoms with Crippen LogP contribution >= 0.6 is 0 Å². The summed E-state index contributed by atoms with van der Waals surface area (Å²) in [6, 6.07) is 10.9. The van der Waals surface area contributed by atoms with Gasteiger partial charge in [-0.15, -0.1) is 0 Å². The molecule has 2 aromatic carbocycles. The van der Waals surface area contributed by atoms with E-state index in [1.165, 1.54) is 0 Å². The molecule has 25 heavy (non-hydrogen) atoms. The number of imidazole rings is 1. The first-order chi connectivity index (χ1) is 12.0. The van der Waals surface area contributed by atoms with Crippen LogP contribution < -0.4 is 10.6 Å². The maximum absolute atomic E-state index is 14.0. The highest BCUT2D eigenvalue weighted by molar-refractivity contribution is 5.78. The maximum atomic E-state index is 14.0. The molecule has 3 aromatic rings. The number of nitrogens with one attached hydrogen (secondary N) is 3. The van der Waals surface area contributed by atoms with E-state index in [1.54, 1.807) is 33.0 Å². The van der Waals surface area contributed by atoms with Crippen molar-refractivity contribution < 1.29 is 9.18 Å². The monoisotopic (exact) mass is 340 g/mol. The molecule has 0 saturated carbocycles. The zero-order valence-electron chi connectivity index (χ0n) is 14.5. The van der Waals surface area contributed by atoms with Gasteiger partial charge in [-0.05, 0) is 42.7 Å². The molecule has 3 rings (SSSR count). The fourth-order valence-electron chi connectivity index (χ4n) is 2.91. The number of para-hydroxylation sites is 2. The SMILES string of the molecule is CNC(=O)CC(Nc1nc2ccccc2[nH]1)c1cc(C)c(F)c(C)c1. The summed E-state index contributed by atoms with van der Waals surface area (Å²) in [4.78, 5) is 19.6. The van der Waals surface area contributed by atoms with E-state index in [4.69, 9.17) is 0 Å². The maximum Gasteiger partial charge on any atom is 0.222 e. The molecule has 0 radical (unpaired) electrons. The standard InChI is InChI=1S/C19H21FN4O/c1-11-8-13(9-12(2)18(11)20)16(10-17(25)21-3)24-19-22-14-6-4-5-7-15(14)23-19/h4-9,16H,10H2,1-3H3,(H,21,25)(H2,22,23,24). The van der Waals surface area contributed by atoms with Gasteiger partial charge in [-0.2, -0.15) is 0 Å². The summed E-state index contributed by atoms with van der Waals surface area (Å²) in [7, 11) is 1.60. The van der Waals surface area contributed by atoms with Crippen molar-refractivity contribution in [2.24, 2.45) is 0 Å². The minimum Gasteiger partial charge on any atom is -0.359 e. The Bertz CT molecular complexity index is 863. The molecule has 0 aliphatic rings. The number of hydrogen-bond donors (Lipinski definition) is 3. The summed E-state index contributed by atoms with van der Waals surface area (Å²) in [6.45, 7) is 3.45. The molecule has 5 nitrogen and oxygen atoms in total. The zero-order chi connectivity index (χ0) is 18.0. The number of aromatic nitrogens is 2. The summed E-state index contributed by atoms with van der Waals surface area (Å²) < 4.78 is 14.0. The predicted octanol–water partition coefficient (Wildman–Crippen LogP) is 3.61. The van der Waals surface area contributed by atoms with Gasteiger partial charge in [0.2, 0.25) is 11.9 Å². The van der Waals surface area contributed by atoms with Gasteiger partial charge in [0.15, 0.2) is 0 Å². The summed E-state index contributed by atoms with van der Waals surface area (Å²) in [6.07, 6.45) is 0.220. The van der Waals surface area contributed by atoms with Crippen molar-refractivity contribution in [3.63, 3.8) is 0 Å². The third-order valence-electron chi connectivity index (χ3n) is 4.23. The molecule has 0 spiro atoms. The topological polar surface area (TPSA) is 69.8 Å². The van der Waals surface area contributed by atoms with E-state index < -0.39 is 0 Å². The lowest BCUT2D eigenvalue weighted by atomic mass is 9.98. The third-order valence-corrected chi connectivity index (χ3v) is 4.23. The molecule has 3 N–H and O–H groups in total. The number of halogens is 1. The van der Waals surface area contributed by atoms with Crippen molar-refractivity contribution in [2.45, 2.75) is 26.3 Å². The Morgan fingerprint density at radius 1 is 1.24 bits per heavy atom. The largest absolute Gasteiger partial charge is 0.359 e. The number of H-pyrrole nitrogens is 1. The third kappa shape index (κ3) is 3.63. The van der Waals surface area contributed by atoms with Crippen molar-refractivity contribution in [3.8, 4) is 0 Å². The van der Waals surface area contributed by atoms with Crippen molar-refractivity contribution >= 4 is 22.9 Å². The minimum absolute atomic E-state index is 0.103. The Kier molecular flexibility index (Phi) is 4.70. The second kappa shape index (κ2) is 6.93. The van der Waals surface area contributed by atoms with Gasteiger partial charge >= 0.3 is 0 Å². The van der Waals surface area contributed by atoms with Gasteiger partial charge in [0.05, 0.1) is 23.5 Å². The van der Waals surface area contributed by atoms with E-state index in [1.807, 2.05) is 24.3 Å². The molecule has 1 atom stereocenters. The number of nitrogens with zero attached hydrogens (tertiary/aromatic N) is 1. The quantitative estimate of drug-likeness (QED) is 0.664. The van der Waals surface area contributed by atoms with Crippen LogP contribution in [0.4, 0.5) is 10.3 Å². The molecule has 1 aromatic heterocycles.